The number of benzene rings is 2. The number of rotatable bonds is 3. The van der Waals surface area contributed by atoms with Crippen LogP contribution in [0.3, 0.4) is 0 Å². The Morgan fingerprint density at radius 3 is 2.70 bits per heavy atom. The first-order chi connectivity index (χ1) is 16.1. The molecule has 1 fully saturated rings. The Bertz CT molecular complexity index is 1220. The van der Waals surface area contributed by atoms with E-state index in [2.05, 4.69) is 51.0 Å². The molecule has 0 bridgehead atoms. The van der Waals surface area contributed by atoms with Gasteiger partial charge in [0.1, 0.15) is 17.1 Å². The molecule has 2 aliphatic rings. The van der Waals surface area contributed by atoms with Gasteiger partial charge in [0.2, 0.25) is 0 Å². The molecule has 5 rings (SSSR count). The van der Waals surface area contributed by atoms with E-state index in [1.165, 1.54) is 11.1 Å². The Kier molecular flexibility index (Phi) is 5.76. The minimum atomic E-state index is -0.184. The molecule has 1 atom stereocenters. The third kappa shape index (κ3) is 4.18. The molecule has 0 saturated carbocycles. The van der Waals surface area contributed by atoms with Crippen molar-refractivity contribution in [3.63, 3.8) is 0 Å². The minimum absolute atomic E-state index is 0.0726. The Labute approximate surface area is 194 Å². The van der Waals surface area contributed by atoms with Crippen LogP contribution in [0.5, 0.6) is 5.75 Å². The topological polar surface area (TPSA) is 95.5 Å². The summed E-state index contributed by atoms with van der Waals surface area (Å²) in [7, 11) is 0. The number of aliphatic hydroxyl groups excluding tert-OH is 1. The largest absolute Gasteiger partial charge is 0.508 e. The van der Waals surface area contributed by atoms with Crippen molar-refractivity contribution in [1.29, 1.82) is 0 Å². The molecule has 2 heterocycles. The lowest BCUT2D eigenvalue weighted by Crippen LogP contribution is -2.45. The lowest BCUT2D eigenvalue weighted by molar-refractivity contribution is 0.186. The fourth-order valence-corrected chi connectivity index (χ4v) is 5.22. The van der Waals surface area contributed by atoms with Crippen molar-refractivity contribution >= 4 is 5.82 Å². The van der Waals surface area contributed by atoms with Gasteiger partial charge >= 0.3 is 0 Å². The molecule has 2 aromatic carbocycles. The van der Waals surface area contributed by atoms with Gasteiger partial charge in [-0.05, 0) is 59.4 Å². The molecule has 33 heavy (non-hydrogen) atoms. The fourth-order valence-electron chi connectivity index (χ4n) is 5.22. The summed E-state index contributed by atoms with van der Waals surface area (Å²) in [6.07, 6.45) is 5.18. The van der Waals surface area contributed by atoms with Crippen LogP contribution in [-0.2, 0) is 19.4 Å². The van der Waals surface area contributed by atoms with Crippen molar-refractivity contribution < 1.29 is 10.2 Å². The zero-order chi connectivity index (χ0) is 22.8. The van der Waals surface area contributed by atoms with Crippen LogP contribution < -0.4 is 10.6 Å². The zero-order valence-electron chi connectivity index (χ0n) is 18.5. The number of aromatic hydroxyl groups is 1. The molecule has 1 aromatic heterocycles. The molecule has 4 N–H and O–H groups in total. The van der Waals surface area contributed by atoms with Crippen molar-refractivity contribution in [1.82, 2.24) is 9.97 Å². The highest BCUT2D eigenvalue weighted by Crippen LogP contribution is 2.50. The van der Waals surface area contributed by atoms with E-state index in [0.29, 0.717) is 17.8 Å². The second kappa shape index (κ2) is 8.86. The average molecular weight is 441 g/mol. The van der Waals surface area contributed by atoms with E-state index in [9.17, 15) is 10.2 Å². The SMILES string of the molecule is N[C@@H]1c2ccccc2CC12CCN(c1ncc(C#CCc3cccc(O)c3)nc1CO)CC2. The Morgan fingerprint density at radius 2 is 1.94 bits per heavy atom. The lowest BCUT2D eigenvalue weighted by Gasteiger charge is -2.42. The summed E-state index contributed by atoms with van der Waals surface area (Å²) in [5.74, 6) is 7.05. The Morgan fingerprint density at radius 1 is 1.12 bits per heavy atom. The number of phenols is 1. The van der Waals surface area contributed by atoms with Crippen LogP contribution in [0.25, 0.3) is 0 Å². The van der Waals surface area contributed by atoms with Gasteiger partial charge < -0.3 is 20.8 Å². The first-order valence-electron chi connectivity index (χ1n) is 11.4. The maximum absolute atomic E-state index is 9.95. The highest BCUT2D eigenvalue weighted by Gasteiger charge is 2.46. The van der Waals surface area contributed by atoms with E-state index in [4.69, 9.17) is 5.73 Å². The maximum Gasteiger partial charge on any atom is 0.152 e. The average Bonchev–Trinajstić information content (AvgIpc) is 3.11. The van der Waals surface area contributed by atoms with Crippen LogP contribution in [0.2, 0.25) is 0 Å². The quantitative estimate of drug-likeness (QED) is 0.542. The molecule has 0 unspecified atom stereocenters. The minimum Gasteiger partial charge on any atom is -0.508 e. The summed E-state index contributed by atoms with van der Waals surface area (Å²) in [5.41, 5.74) is 11.5. The normalized spacial score (nSPS) is 18.6. The van der Waals surface area contributed by atoms with E-state index in [-0.39, 0.29) is 23.8 Å². The predicted molar refractivity (Wildman–Crippen MR) is 128 cm³/mol. The monoisotopic (exact) mass is 440 g/mol. The number of hydrogen-bond acceptors (Lipinski definition) is 6. The van der Waals surface area contributed by atoms with Gasteiger partial charge in [0, 0.05) is 25.6 Å². The number of nitrogens with two attached hydrogens (primary N) is 1. The van der Waals surface area contributed by atoms with Crippen LogP contribution in [-0.4, -0.2) is 33.3 Å². The number of nitrogens with zero attached hydrogens (tertiary/aromatic N) is 3. The third-order valence-corrected chi connectivity index (χ3v) is 7.04. The smallest absolute Gasteiger partial charge is 0.152 e. The number of aromatic nitrogens is 2. The standard InChI is InChI=1S/C27H28N4O2/c28-25-23-10-2-1-7-20(23)16-27(25)11-13-31(14-12-27)26-24(18-32)30-21(17-29-26)8-3-5-19-6-4-9-22(33)15-19/h1-2,4,6-7,9-10,15,17,25,32-33H,5,11-14,16,18,28H2/t25-/m1/s1. The van der Waals surface area contributed by atoms with Crippen molar-refractivity contribution in [3.05, 3.63) is 82.8 Å². The molecule has 0 radical (unpaired) electrons. The molecule has 1 aliphatic carbocycles. The number of anilines is 1. The first-order valence-corrected chi connectivity index (χ1v) is 11.4. The summed E-state index contributed by atoms with van der Waals surface area (Å²) < 4.78 is 0. The van der Waals surface area contributed by atoms with E-state index in [0.717, 1.165) is 43.7 Å². The second-order valence-electron chi connectivity index (χ2n) is 9.03. The summed E-state index contributed by atoms with van der Waals surface area (Å²) in [6, 6.07) is 15.6. The Hall–Kier alpha value is -3.40. The van der Waals surface area contributed by atoms with Gasteiger partial charge in [-0.15, -0.1) is 0 Å². The summed E-state index contributed by atoms with van der Waals surface area (Å²) in [6.45, 7) is 1.49. The van der Waals surface area contributed by atoms with Gasteiger partial charge in [-0.2, -0.15) is 0 Å². The summed E-state index contributed by atoms with van der Waals surface area (Å²) in [5, 5.41) is 19.5. The van der Waals surface area contributed by atoms with Gasteiger partial charge in [-0.3, -0.25) is 0 Å². The molecule has 1 saturated heterocycles. The molecular weight excluding hydrogens is 412 g/mol. The van der Waals surface area contributed by atoms with Crippen molar-refractivity contribution in [3.8, 4) is 17.6 Å². The summed E-state index contributed by atoms with van der Waals surface area (Å²) >= 11 is 0. The third-order valence-electron chi connectivity index (χ3n) is 7.04. The number of piperidine rings is 1. The van der Waals surface area contributed by atoms with Gasteiger partial charge in [0.15, 0.2) is 5.82 Å². The van der Waals surface area contributed by atoms with E-state index in [1.807, 2.05) is 6.07 Å². The highest BCUT2D eigenvalue weighted by molar-refractivity contribution is 5.47. The predicted octanol–water partition coefficient (Wildman–Crippen LogP) is 3.11. The fraction of sp³-hybridized carbons (Fsp3) is 0.333. The molecule has 1 spiro atoms. The molecule has 168 valence electrons. The van der Waals surface area contributed by atoms with Gasteiger partial charge in [-0.25, -0.2) is 9.97 Å². The molecule has 1 aliphatic heterocycles. The molecule has 6 nitrogen and oxygen atoms in total. The second-order valence-corrected chi connectivity index (χ2v) is 9.03. The summed E-state index contributed by atoms with van der Waals surface area (Å²) in [4.78, 5) is 11.4. The van der Waals surface area contributed by atoms with Crippen LogP contribution >= 0.6 is 0 Å². The highest BCUT2D eigenvalue weighted by atomic mass is 16.3. The van der Waals surface area contributed by atoms with Gasteiger partial charge in [-0.1, -0.05) is 42.3 Å². The van der Waals surface area contributed by atoms with Crippen LogP contribution in [0.1, 0.15) is 47.0 Å². The van der Waals surface area contributed by atoms with Crippen LogP contribution in [0, 0.1) is 17.3 Å². The van der Waals surface area contributed by atoms with E-state index in [1.54, 1.807) is 24.4 Å². The van der Waals surface area contributed by atoms with E-state index < -0.39 is 0 Å². The van der Waals surface area contributed by atoms with Gasteiger partial charge in [0.05, 0.1) is 12.8 Å². The Balaban J connectivity index is 1.28. The van der Waals surface area contributed by atoms with Crippen molar-refractivity contribution in [2.45, 2.75) is 38.3 Å². The van der Waals surface area contributed by atoms with Crippen molar-refractivity contribution in [2.24, 2.45) is 11.1 Å². The molecule has 0 amide bonds. The molecule has 3 aromatic rings. The number of phenolic OH excluding ortho intramolecular Hbond substituents is 1. The van der Waals surface area contributed by atoms with Crippen LogP contribution in [0.15, 0.2) is 54.7 Å². The maximum atomic E-state index is 9.95. The number of fused-ring (bicyclic) bond motifs is 1. The molecular formula is C27H28N4O2. The van der Waals surface area contributed by atoms with E-state index >= 15 is 0 Å². The van der Waals surface area contributed by atoms with Crippen molar-refractivity contribution in [2.75, 3.05) is 18.0 Å². The van der Waals surface area contributed by atoms with Gasteiger partial charge in [0.25, 0.3) is 0 Å². The molecule has 6 heteroatoms. The number of hydrogen-bond donors (Lipinski definition) is 3. The van der Waals surface area contributed by atoms with Crippen LogP contribution in [0.4, 0.5) is 5.82 Å². The first kappa shape index (κ1) is 21.4. The number of aliphatic hydroxyl groups is 1. The lowest BCUT2D eigenvalue weighted by atomic mass is 9.73. The zero-order valence-corrected chi connectivity index (χ0v) is 18.5.